The molecule has 0 bridgehead atoms. The molecule has 1 amide bonds. The number of benzene rings is 3. The van der Waals surface area contributed by atoms with E-state index in [1.54, 1.807) is 0 Å². The van der Waals surface area contributed by atoms with Crippen LogP contribution in [0.2, 0.25) is 0 Å². The second-order valence-electron chi connectivity index (χ2n) is 5.98. The molecule has 140 valence electrons. The van der Waals surface area contributed by atoms with Gasteiger partial charge in [0.15, 0.2) is 0 Å². The number of hydrogen-bond acceptors (Lipinski definition) is 5. The van der Waals surface area contributed by atoms with Gasteiger partial charge in [0, 0.05) is 12.6 Å². The van der Waals surface area contributed by atoms with E-state index in [0.29, 0.717) is 17.7 Å². The fourth-order valence-corrected chi connectivity index (χ4v) is 3.44. The molecule has 5 nitrogen and oxygen atoms in total. The smallest absolute Gasteiger partial charge is 0.260 e. The Bertz CT molecular complexity index is 1160. The summed E-state index contributed by atoms with van der Waals surface area (Å²) in [6, 6.07) is 16.9. The van der Waals surface area contributed by atoms with Crippen LogP contribution in [0.3, 0.4) is 0 Å². The van der Waals surface area contributed by atoms with Crippen LogP contribution in [0.4, 0.5) is 19.0 Å². The third-order valence-electron chi connectivity index (χ3n) is 4.13. The molecule has 0 aliphatic heterocycles. The number of carbonyl (C=O) groups is 1. The van der Waals surface area contributed by atoms with Crippen molar-refractivity contribution in [1.29, 1.82) is 0 Å². The van der Waals surface area contributed by atoms with Gasteiger partial charge in [-0.1, -0.05) is 53.8 Å². The van der Waals surface area contributed by atoms with Gasteiger partial charge in [0.2, 0.25) is 10.3 Å². The van der Waals surface area contributed by atoms with E-state index in [1.165, 1.54) is 0 Å². The zero-order valence-electron chi connectivity index (χ0n) is 14.4. The maximum Gasteiger partial charge on any atom is 0.260 e. The molecule has 0 atom stereocenters. The predicted octanol–water partition coefficient (Wildman–Crippen LogP) is 4.83. The van der Waals surface area contributed by atoms with Crippen LogP contribution >= 0.6 is 11.3 Å². The molecule has 4 aromatic rings. The molecule has 0 aliphatic carbocycles. The molecule has 0 radical (unpaired) electrons. The van der Waals surface area contributed by atoms with Gasteiger partial charge in [0.05, 0.1) is 5.56 Å². The highest BCUT2D eigenvalue weighted by molar-refractivity contribution is 7.19. The SMILES string of the molecule is O=C(Nc1nnc(NCc2cccc3ccccc23)s1)c1ccc(F)cc1F. The Labute approximate surface area is 163 Å². The summed E-state index contributed by atoms with van der Waals surface area (Å²) in [5.41, 5.74) is 0.842. The van der Waals surface area contributed by atoms with Gasteiger partial charge in [0.1, 0.15) is 11.6 Å². The van der Waals surface area contributed by atoms with E-state index in [2.05, 4.69) is 26.9 Å². The van der Waals surface area contributed by atoms with Crippen molar-refractivity contribution in [2.24, 2.45) is 0 Å². The van der Waals surface area contributed by atoms with Gasteiger partial charge >= 0.3 is 0 Å². The van der Waals surface area contributed by atoms with Gasteiger partial charge in [-0.25, -0.2) is 8.78 Å². The quantitative estimate of drug-likeness (QED) is 0.507. The summed E-state index contributed by atoms with van der Waals surface area (Å²) in [5.74, 6) is -2.39. The molecule has 8 heteroatoms. The first-order valence-corrected chi connectivity index (χ1v) is 9.22. The number of nitrogens with one attached hydrogen (secondary N) is 2. The van der Waals surface area contributed by atoms with E-state index in [-0.39, 0.29) is 10.7 Å². The highest BCUT2D eigenvalue weighted by Gasteiger charge is 2.15. The normalized spacial score (nSPS) is 10.8. The Balaban J connectivity index is 1.44. The number of rotatable bonds is 5. The fourth-order valence-electron chi connectivity index (χ4n) is 2.80. The number of carbonyl (C=O) groups excluding carboxylic acids is 1. The molecule has 1 heterocycles. The number of hydrogen-bond donors (Lipinski definition) is 2. The standard InChI is InChI=1S/C20H14F2N4OS/c21-14-8-9-16(17(22)10-14)18(27)24-20-26-25-19(28-20)23-11-13-6-3-5-12-4-1-2-7-15(12)13/h1-10H,11H2,(H,23,25)(H,24,26,27). The zero-order valence-corrected chi connectivity index (χ0v) is 15.3. The number of fused-ring (bicyclic) bond motifs is 1. The highest BCUT2D eigenvalue weighted by atomic mass is 32.1. The van der Waals surface area contributed by atoms with E-state index in [1.807, 2.05) is 36.4 Å². The summed E-state index contributed by atoms with van der Waals surface area (Å²) in [4.78, 5) is 12.1. The molecule has 0 saturated carbocycles. The molecule has 0 fully saturated rings. The molecular formula is C20H14F2N4OS. The molecule has 0 spiro atoms. The van der Waals surface area contributed by atoms with Gasteiger partial charge in [-0.2, -0.15) is 0 Å². The summed E-state index contributed by atoms with van der Waals surface area (Å²) < 4.78 is 26.7. The summed E-state index contributed by atoms with van der Waals surface area (Å²) in [6.45, 7) is 0.538. The van der Waals surface area contributed by atoms with Crippen molar-refractivity contribution in [3.05, 3.63) is 83.4 Å². The van der Waals surface area contributed by atoms with E-state index >= 15 is 0 Å². The largest absolute Gasteiger partial charge is 0.356 e. The first-order valence-electron chi connectivity index (χ1n) is 8.40. The van der Waals surface area contributed by atoms with Crippen LogP contribution in [0.5, 0.6) is 0 Å². The van der Waals surface area contributed by atoms with Gasteiger partial charge in [-0.3, -0.25) is 10.1 Å². The summed E-state index contributed by atoms with van der Waals surface area (Å²) >= 11 is 1.13. The third kappa shape index (κ3) is 3.81. The molecular weight excluding hydrogens is 382 g/mol. The van der Waals surface area contributed by atoms with Gasteiger partial charge < -0.3 is 5.32 Å². The maximum absolute atomic E-state index is 13.7. The molecule has 0 aliphatic rings. The predicted molar refractivity (Wildman–Crippen MR) is 105 cm³/mol. The van der Waals surface area contributed by atoms with Crippen LogP contribution in [-0.4, -0.2) is 16.1 Å². The lowest BCUT2D eigenvalue weighted by molar-refractivity contribution is 0.102. The maximum atomic E-state index is 13.7. The number of anilines is 2. The van der Waals surface area contributed by atoms with Crippen LogP contribution in [0.25, 0.3) is 10.8 Å². The van der Waals surface area contributed by atoms with Crippen molar-refractivity contribution in [3.63, 3.8) is 0 Å². The lowest BCUT2D eigenvalue weighted by Gasteiger charge is -2.06. The number of halogens is 2. The van der Waals surface area contributed by atoms with Crippen molar-refractivity contribution in [1.82, 2.24) is 10.2 Å². The Hall–Kier alpha value is -3.39. The summed E-state index contributed by atoms with van der Waals surface area (Å²) in [6.07, 6.45) is 0. The number of aromatic nitrogens is 2. The van der Waals surface area contributed by atoms with Crippen molar-refractivity contribution < 1.29 is 13.6 Å². The minimum Gasteiger partial charge on any atom is -0.356 e. The van der Waals surface area contributed by atoms with Gasteiger partial charge in [-0.15, -0.1) is 10.2 Å². The summed E-state index contributed by atoms with van der Waals surface area (Å²) in [5, 5.41) is 16.5. The Morgan fingerprint density at radius 2 is 1.75 bits per heavy atom. The second-order valence-corrected chi connectivity index (χ2v) is 6.96. The number of amides is 1. The molecule has 1 aromatic heterocycles. The van der Waals surface area contributed by atoms with Gasteiger partial charge in [0.25, 0.3) is 5.91 Å². The van der Waals surface area contributed by atoms with E-state index in [4.69, 9.17) is 0 Å². The fraction of sp³-hybridized carbons (Fsp3) is 0.0500. The van der Waals surface area contributed by atoms with E-state index in [0.717, 1.165) is 39.8 Å². The summed E-state index contributed by atoms with van der Waals surface area (Å²) in [7, 11) is 0. The minimum absolute atomic E-state index is 0.217. The molecule has 0 unspecified atom stereocenters. The lowest BCUT2D eigenvalue weighted by atomic mass is 10.0. The van der Waals surface area contributed by atoms with Crippen LogP contribution in [-0.2, 0) is 6.54 Å². The van der Waals surface area contributed by atoms with Crippen LogP contribution < -0.4 is 10.6 Å². The van der Waals surface area contributed by atoms with Crippen molar-refractivity contribution in [3.8, 4) is 0 Å². The highest BCUT2D eigenvalue weighted by Crippen LogP contribution is 2.24. The van der Waals surface area contributed by atoms with Crippen LogP contribution in [0.15, 0.2) is 60.7 Å². The molecule has 4 rings (SSSR count). The molecule has 2 N–H and O–H groups in total. The topological polar surface area (TPSA) is 66.9 Å². The third-order valence-corrected chi connectivity index (χ3v) is 4.93. The minimum atomic E-state index is -0.934. The Morgan fingerprint density at radius 3 is 2.61 bits per heavy atom. The van der Waals surface area contributed by atoms with E-state index < -0.39 is 17.5 Å². The van der Waals surface area contributed by atoms with Crippen molar-refractivity contribution >= 4 is 38.3 Å². The van der Waals surface area contributed by atoms with E-state index in [9.17, 15) is 13.6 Å². The first-order chi connectivity index (χ1) is 13.6. The Kier molecular flexibility index (Phi) is 4.94. The average Bonchev–Trinajstić information content (AvgIpc) is 3.13. The van der Waals surface area contributed by atoms with Crippen molar-refractivity contribution in [2.45, 2.75) is 6.54 Å². The second kappa shape index (κ2) is 7.69. The molecule has 28 heavy (non-hydrogen) atoms. The zero-order chi connectivity index (χ0) is 19.5. The lowest BCUT2D eigenvalue weighted by Crippen LogP contribution is -2.13. The van der Waals surface area contributed by atoms with Crippen LogP contribution in [0.1, 0.15) is 15.9 Å². The monoisotopic (exact) mass is 396 g/mol. The molecule has 0 saturated heterocycles. The van der Waals surface area contributed by atoms with Crippen molar-refractivity contribution in [2.75, 3.05) is 10.6 Å². The molecule has 3 aromatic carbocycles. The van der Waals surface area contributed by atoms with Crippen LogP contribution in [0, 0.1) is 11.6 Å². The average molecular weight is 396 g/mol. The van der Waals surface area contributed by atoms with Gasteiger partial charge in [-0.05, 0) is 28.5 Å². The first kappa shape index (κ1) is 18.0. The number of nitrogens with zero attached hydrogens (tertiary/aromatic N) is 2. The Morgan fingerprint density at radius 1 is 0.964 bits per heavy atom.